The second kappa shape index (κ2) is 49.4. The predicted octanol–water partition coefficient (Wildman–Crippen LogP) is -18.7. The summed E-state index contributed by atoms with van der Waals surface area (Å²) in [6.07, 6.45) is 0. The van der Waals surface area contributed by atoms with E-state index < -0.39 is 0 Å². The molecule has 0 unspecified atom stereocenters. The van der Waals surface area contributed by atoms with Crippen molar-refractivity contribution in [2.24, 2.45) is 0 Å². The summed E-state index contributed by atoms with van der Waals surface area (Å²) in [4.78, 5) is 0. The molecule has 8 heavy (non-hydrogen) atoms. The molecule has 0 saturated heterocycles. The van der Waals surface area contributed by atoms with Crippen molar-refractivity contribution in [3.63, 3.8) is 0 Å². The molecule has 40 valence electrons. The van der Waals surface area contributed by atoms with Gasteiger partial charge in [0.25, 0.3) is 0 Å². The molecule has 0 radical (unpaired) electrons. The zero-order chi connectivity index (χ0) is 0. The first-order chi connectivity index (χ1) is 0. The average molecular weight is 585 g/mol. The minimum Gasteiger partial charge on any atom is -1.00 e. The summed E-state index contributed by atoms with van der Waals surface area (Å²) in [5.41, 5.74) is 0. The first-order valence-electron chi connectivity index (χ1n) is 0. The summed E-state index contributed by atoms with van der Waals surface area (Å²) in [6, 6.07) is 0. The van der Waals surface area contributed by atoms with Gasteiger partial charge < -0.3 is 62.0 Å². The molecule has 0 aliphatic rings. The quantitative estimate of drug-likeness (QED) is 0.248. The van der Waals surface area contributed by atoms with Gasteiger partial charge in [0.15, 0.2) is 0 Å². The van der Waals surface area contributed by atoms with Crippen molar-refractivity contribution in [3.05, 3.63) is 0 Å². The van der Waals surface area contributed by atoms with Gasteiger partial charge in [-0.1, -0.05) is 0 Å². The molecule has 0 N–H and O–H groups in total. The van der Waals surface area contributed by atoms with Crippen molar-refractivity contribution < 1.29 is 131 Å². The predicted molar refractivity (Wildman–Crippen MR) is 11.5 cm³/mol. The van der Waals surface area contributed by atoms with E-state index in [-0.39, 0.29) is 229 Å². The molecule has 0 aromatic rings. The Kier molecular flexibility index (Phi) is 381. The van der Waals surface area contributed by atoms with Gasteiger partial charge in [-0.05, 0) is 0 Å². The van der Waals surface area contributed by atoms with Crippen LogP contribution in [-0.2, 0) is 0 Å². The van der Waals surface area contributed by atoms with Crippen LogP contribution in [0.5, 0.6) is 0 Å². The van der Waals surface area contributed by atoms with Gasteiger partial charge in [-0.3, -0.25) is 0 Å². The minimum absolute atomic E-state index is 0. The maximum absolute atomic E-state index is 0. The van der Waals surface area contributed by atoms with Gasteiger partial charge in [0, 0.05) is 0 Å². The van der Waals surface area contributed by atoms with E-state index in [0.717, 1.165) is 0 Å². The Morgan fingerprint density at radius 3 is 0.375 bits per heavy atom. The van der Waals surface area contributed by atoms with Crippen LogP contribution in [0.25, 0.3) is 0 Å². The summed E-state index contributed by atoms with van der Waals surface area (Å²) >= 11 is 0. The van der Waals surface area contributed by atoms with E-state index in [2.05, 4.69) is 0 Å². The van der Waals surface area contributed by atoms with Crippen LogP contribution in [0.4, 0.5) is 0 Å². The Hall–Kier alpha value is 6.64. The molecule has 0 aliphatic carbocycles. The van der Waals surface area contributed by atoms with Gasteiger partial charge in [-0.25, -0.2) is 0 Å². The number of hydrogen-bond donors (Lipinski definition) is 0. The number of halogens is 5. The fourth-order valence-corrected chi connectivity index (χ4v) is 0. The maximum atomic E-state index is 0. The van der Waals surface area contributed by atoms with Crippen LogP contribution in [-0.4, -0.2) is 97.8 Å². The smallest absolute Gasteiger partial charge is 1.00 e. The normalized spacial score (nSPS) is 0. The van der Waals surface area contributed by atoms with E-state index in [4.69, 9.17) is 0 Å². The summed E-state index contributed by atoms with van der Waals surface area (Å²) in [5.74, 6) is 0. The maximum Gasteiger partial charge on any atom is 2.00 e. The zero-order valence-corrected chi connectivity index (χ0v) is 23.2. The molecule has 0 aromatic carbocycles. The molecule has 0 rings (SSSR count). The molecular weight excluding hydrogens is 585 g/mol. The van der Waals surface area contributed by atoms with Crippen LogP contribution < -0.4 is 131 Å². The van der Waals surface area contributed by atoms with Crippen molar-refractivity contribution in [1.82, 2.24) is 0 Å². The van der Waals surface area contributed by atoms with Gasteiger partial charge in [0.05, 0.1) is 0 Å². The summed E-state index contributed by atoms with van der Waals surface area (Å²) in [7, 11) is 0. The molecule has 8 heteroatoms. The number of rotatable bonds is 0. The van der Waals surface area contributed by atoms with Crippen molar-refractivity contribution >= 4 is 97.8 Å². The van der Waals surface area contributed by atoms with Gasteiger partial charge in [0.2, 0.25) is 0 Å². The Balaban J connectivity index is 0. The molecule has 0 aromatic heterocycles. The van der Waals surface area contributed by atoms with E-state index in [1.54, 1.807) is 0 Å². The van der Waals surface area contributed by atoms with Crippen molar-refractivity contribution in [1.29, 1.82) is 0 Å². The monoisotopic (exact) mass is 584 g/mol. The third-order valence-electron chi connectivity index (χ3n) is 0. The Bertz CT molecular complexity index is 10.4. The van der Waals surface area contributed by atoms with E-state index in [0.29, 0.717) is 0 Å². The number of hydrogen-bond acceptors (Lipinski definition) is 0. The van der Waals surface area contributed by atoms with Gasteiger partial charge >= 0.3 is 167 Å². The second-order valence-electron chi connectivity index (χ2n) is 0. The largest absolute Gasteiger partial charge is 2.00 e. The van der Waals surface area contributed by atoms with Crippen LogP contribution in [0.3, 0.4) is 0 Å². The Morgan fingerprint density at radius 1 is 0.375 bits per heavy atom. The SMILES string of the molecule is [Ba+2].[Ba+2].[Cl-].[Cl-].[Cl-].[Cl-].[Cl-].[Cs+]. The zero-order valence-electron chi connectivity index (χ0n) is 4.30. The van der Waals surface area contributed by atoms with Crippen LogP contribution in [0.15, 0.2) is 0 Å². The molecule has 0 amide bonds. The van der Waals surface area contributed by atoms with Crippen LogP contribution >= 0.6 is 0 Å². The second-order valence-corrected chi connectivity index (χ2v) is 0. The minimum atomic E-state index is 0. The molecule has 0 bridgehead atoms. The third-order valence-corrected chi connectivity index (χ3v) is 0. The van der Waals surface area contributed by atoms with Crippen LogP contribution in [0, 0.1) is 0 Å². The van der Waals surface area contributed by atoms with Gasteiger partial charge in [-0.2, -0.15) is 0 Å². The average Bonchev–Trinajstić information content (AvgIpc) is 0. The topological polar surface area (TPSA) is 0 Å². The third kappa shape index (κ3) is 38.8. The molecule has 0 atom stereocenters. The van der Waals surface area contributed by atoms with E-state index in [9.17, 15) is 0 Å². The van der Waals surface area contributed by atoms with Gasteiger partial charge in [0.1, 0.15) is 0 Å². The first kappa shape index (κ1) is 61.8. The molecule has 0 nitrogen and oxygen atoms in total. The first-order valence-corrected chi connectivity index (χ1v) is 0. The van der Waals surface area contributed by atoms with E-state index in [1.165, 1.54) is 0 Å². The fraction of sp³-hybridized carbons (Fsp3) is 0. The summed E-state index contributed by atoms with van der Waals surface area (Å²) in [6.45, 7) is 0. The van der Waals surface area contributed by atoms with Crippen LogP contribution in [0.1, 0.15) is 0 Å². The standard InChI is InChI=1S/2Ba.5ClH.Cs/h;;5*1H;/q2*+2;;;;;;+1/p-5. The van der Waals surface area contributed by atoms with E-state index >= 15 is 0 Å². The summed E-state index contributed by atoms with van der Waals surface area (Å²) < 4.78 is 0. The molecule has 0 saturated carbocycles. The molecule has 0 heterocycles. The van der Waals surface area contributed by atoms with Crippen molar-refractivity contribution in [2.45, 2.75) is 0 Å². The summed E-state index contributed by atoms with van der Waals surface area (Å²) in [5, 5.41) is 0. The molecule has 0 fully saturated rings. The molecule has 0 aliphatic heterocycles. The van der Waals surface area contributed by atoms with E-state index in [1.807, 2.05) is 0 Å². The fourth-order valence-electron chi connectivity index (χ4n) is 0. The van der Waals surface area contributed by atoms with Gasteiger partial charge in [-0.15, -0.1) is 0 Å². The Labute approximate surface area is 221 Å². The Morgan fingerprint density at radius 2 is 0.375 bits per heavy atom. The molecular formula is Ba2Cl5Cs. The van der Waals surface area contributed by atoms with Crippen molar-refractivity contribution in [3.8, 4) is 0 Å². The van der Waals surface area contributed by atoms with Crippen LogP contribution in [0.2, 0.25) is 0 Å². The van der Waals surface area contributed by atoms with Crippen molar-refractivity contribution in [2.75, 3.05) is 0 Å². The molecule has 0 spiro atoms.